The molecule has 0 unspecified atom stereocenters. The molecule has 27 heavy (non-hydrogen) atoms. The smallest absolute Gasteiger partial charge is 0.337 e. The number of aromatic carboxylic acids is 1. The fourth-order valence-electron chi connectivity index (χ4n) is 2.77. The zero-order valence-corrected chi connectivity index (χ0v) is 14.9. The van der Waals surface area contributed by atoms with Crippen LogP contribution in [-0.4, -0.2) is 32.7 Å². The highest BCUT2D eigenvalue weighted by molar-refractivity contribution is 5.98. The number of aromatic nitrogens is 2. The van der Waals surface area contributed by atoms with E-state index in [1.807, 2.05) is 26.0 Å². The zero-order valence-electron chi connectivity index (χ0n) is 14.9. The molecule has 2 N–H and O–H groups in total. The van der Waals surface area contributed by atoms with E-state index in [1.54, 1.807) is 35.2 Å². The van der Waals surface area contributed by atoms with Crippen molar-refractivity contribution in [1.29, 1.82) is 0 Å². The van der Waals surface area contributed by atoms with E-state index >= 15 is 0 Å². The van der Waals surface area contributed by atoms with Crippen LogP contribution in [0.3, 0.4) is 0 Å². The number of benzene rings is 1. The van der Waals surface area contributed by atoms with Gasteiger partial charge in [-0.25, -0.2) is 10.2 Å². The van der Waals surface area contributed by atoms with Crippen LogP contribution >= 0.6 is 0 Å². The molecule has 0 aliphatic carbocycles. The monoisotopic (exact) mass is 362 g/mol. The molecule has 0 saturated heterocycles. The van der Waals surface area contributed by atoms with Crippen molar-refractivity contribution in [1.82, 2.24) is 15.0 Å². The summed E-state index contributed by atoms with van der Waals surface area (Å²) in [5, 5.41) is 13.4. The van der Waals surface area contributed by atoms with Crippen molar-refractivity contribution in [2.75, 3.05) is 0 Å². The van der Waals surface area contributed by atoms with Crippen LogP contribution in [0, 0.1) is 13.8 Å². The minimum absolute atomic E-state index is 0.118. The van der Waals surface area contributed by atoms with Crippen molar-refractivity contribution in [2.24, 2.45) is 5.10 Å². The third kappa shape index (κ3) is 3.92. The molecule has 0 aliphatic heterocycles. The lowest BCUT2D eigenvalue weighted by Crippen LogP contribution is -2.19. The third-order valence-electron chi connectivity index (χ3n) is 4.07. The van der Waals surface area contributed by atoms with Crippen LogP contribution in [-0.2, 0) is 0 Å². The lowest BCUT2D eigenvalue weighted by Gasteiger charge is -2.14. The number of carboxylic acid groups (broad SMARTS) is 1. The second-order valence-corrected chi connectivity index (χ2v) is 5.97. The summed E-state index contributed by atoms with van der Waals surface area (Å²) in [5.74, 6) is -1.49. The molecular weight excluding hydrogens is 344 g/mol. The van der Waals surface area contributed by atoms with Gasteiger partial charge in [-0.2, -0.15) is 5.10 Å². The number of amides is 1. The molecular formula is C20H18N4O3. The average molecular weight is 362 g/mol. The molecule has 0 saturated carbocycles. The molecule has 3 rings (SSSR count). The summed E-state index contributed by atoms with van der Waals surface area (Å²) in [4.78, 5) is 28.0. The number of carboxylic acids is 1. The second kappa shape index (κ2) is 7.65. The number of aryl methyl sites for hydroxylation is 2. The van der Waals surface area contributed by atoms with Crippen LogP contribution in [0.15, 0.2) is 60.0 Å². The Labute approximate surface area is 156 Å². The van der Waals surface area contributed by atoms with Crippen molar-refractivity contribution < 1.29 is 14.7 Å². The maximum Gasteiger partial charge on any atom is 0.337 e. The fourth-order valence-corrected chi connectivity index (χ4v) is 2.77. The number of rotatable bonds is 5. The zero-order chi connectivity index (χ0) is 19.4. The normalized spacial score (nSPS) is 10.9. The Balaban J connectivity index is 1.90. The van der Waals surface area contributed by atoms with E-state index in [4.69, 9.17) is 0 Å². The predicted octanol–water partition coefficient (Wildman–Crippen LogP) is 2.95. The van der Waals surface area contributed by atoms with E-state index in [2.05, 4.69) is 15.5 Å². The van der Waals surface area contributed by atoms with Crippen LogP contribution in [0.1, 0.15) is 37.7 Å². The summed E-state index contributed by atoms with van der Waals surface area (Å²) in [6.45, 7) is 3.76. The van der Waals surface area contributed by atoms with Crippen LogP contribution in [0.4, 0.5) is 0 Å². The topological polar surface area (TPSA) is 96.6 Å². The molecule has 136 valence electrons. The molecule has 0 radical (unpaired) electrons. The quantitative estimate of drug-likeness (QED) is 0.539. The lowest BCUT2D eigenvalue weighted by atomic mass is 10.1. The maximum atomic E-state index is 12.4. The number of hydrazone groups is 1. The number of hydrogen-bond donors (Lipinski definition) is 2. The largest absolute Gasteiger partial charge is 0.478 e. The molecule has 0 spiro atoms. The minimum Gasteiger partial charge on any atom is -0.478 e. The summed E-state index contributed by atoms with van der Waals surface area (Å²) in [6, 6.07) is 11.8. The molecule has 0 bridgehead atoms. The molecule has 3 aromatic rings. The first-order valence-corrected chi connectivity index (χ1v) is 8.23. The SMILES string of the molecule is Cc1ccc(C)n1-c1cc(C(=O)NN=Cc2cccnc2)ccc1C(=O)O. The van der Waals surface area contributed by atoms with Crippen LogP contribution in [0.2, 0.25) is 0 Å². The van der Waals surface area contributed by atoms with E-state index < -0.39 is 11.9 Å². The van der Waals surface area contributed by atoms with Gasteiger partial charge in [0.15, 0.2) is 0 Å². The fraction of sp³-hybridized carbons (Fsp3) is 0.100. The molecule has 7 heteroatoms. The number of nitrogens with zero attached hydrogens (tertiary/aromatic N) is 3. The van der Waals surface area contributed by atoms with Crippen molar-refractivity contribution in [3.8, 4) is 5.69 Å². The number of nitrogens with one attached hydrogen (secondary N) is 1. The number of pyridine rings is 1. The van der Waals surface area contributed by atoms with Crippen LogP contribution < -0.4 is 5.43 Å². The minimum atomic E-state index is -1.06. The van der Waals surface area contributed by atoms with Crippen molar-refractivity contribution in [3.63, 3.8) is 0 Å². The summed E-state index contributed by atoms with van der Waals surface area (Å²) < 4.78 is 1.80. The van der Waals surface area contributed by atoms with Gasteiger partial charge in [0.05, 0.1) is 17.5 Å². The van der Waals surface area contributed by atoms with Gasteiger partial charge in [-0.15, -0.1) is 0 Å². The van der Waals surface area contributed by atoms with Crippen molar-refractivity contribution in [2.45, 2.75) is 13.8 Å². The lowest BCUT2D eigenvalue weighted by molar-refractivity contribution is 0.0696. The predicted molar refractivity (Wildman–Crippen MR) is 101 cm³/mol. The molecule has 0 atom stereocenters. The number of carbonyl (C=O) groups is 2. The van der Waals surface area contributed by atoms with Gasteiger partial charge in [0, 0.05) is 34.9 Å². The van der Waals surface area contributed by atoms with Gasteiger partial charge in [0.25, 0.3) is 5.91 Å². The number of hydrogen-bond acceptors (Lipinski definition) is 4. The molecule has 0 fully saturated rings. The summed E-state index contributed by atoms with van der Waals surface area (Å²) >= 11 is 0. The Hall–Kier alpha value is -3.74. The Morgan fingerprint density at radius 1 is 1.15 bits per heavy atom. The highest BCUT2D eigenvalue weighted by Crippen LogP contribution is 2.22. The van der Waals surface area contributed by atoms with Gasteiger partial charge in [-0.3, -0.25) is 9.78 Å². The van der Waals surface area contributed by atoms with Gasteiger partial charge in [-0.1, -0.05) is 6.07 Å². The van der Waals surface area contributed by atoms with Gasteiger partial charge in [-0.05, 0) is 50.2 Å². The second-order valence-electron chi connectivity index (χ2n) is 5.97. The molecule has 7 nitrogen and oxygen atoms in total. The summed E-state index contributed by atoms with van der Waals surface area (Å²) in [5.41, 5.74) is 5.81. The first-order valence-electron chi connectivity index (χ1n) is 8.23. The number of carbonyl (C=O) groups excluding carboxylic acids is 1. The van der Waals surface area contributed by atoms with Crippen LogP contribution in [0.25, 0.3) is 5.69 Å². The Bertz CT molecular complexity index is 1000. The standard InChI is InChI=1S/C20H18N4O3/c1-13-5-6-14(2)24(13)18-10-16(7-8-17(18)20(26)27)19(25)23-22-12-15-4-3-9-21-11-15/h3-12H,1-2H3,(H,23,25)(H,26,27). The summed E-state index contributed by atoms with van der Waals surface area (Å²) in [6.07, 6.45) is 4.75. The van der Waals surface area contributed by atoms with Crippen LogP contribution in [0.5, 0.6) is 0 Å². The first kappa shape index (κ1) is 18.1. The maximum absolute atomic E-state index is 12.4. The average Bonchev–Trinajstić information content (AvgIpc) is 3.00. The highest BCUT2D eigenvalue weighted by atomic mass is 16.4. The van der Waals surface area contributed by atoms with E-state index in [9.17, 15) is 14.7 Å². The third-order valence-corrected chi connectivity index (χ3v) is 4.07. The van der Waals surface area contributed by atoms with E-state index in [0.717, 1.165) is 17.0 Å². The highest BCUT2D eigenvalue weighted by Gasteiger charge is 2.17. The Morgan fingerprint density at radius 2 is 1.89 bits per heavy atom. The molecule has 1 amide bonds. The van der Waals surface area contributed by atoms with E-state index in [0.29, 0.717) is 11.3 Å². The first-order chi connectivity index (χ1) is 13.0. The van der Waals surface area contributed by atoms with Gasteiger partial charge in [0.2, 0.25) is 0 Å². The molecule has 2 heterocycles. The molecule has 1 aromatic carbocycles. The van der Waals surface area contributed by atoms with Gasteiger partial charge in [0.1, 0.15) is 0 Å². The molecule has 2 aromatic heterocycles. The van der Waals surface area contributed by atoms with Gasteiger partial charge >= 0.3 is 5.97 Å². The molecule has 0 aliphatic rings. The van der Waals surface area contributed by atoms with E-state index in [1.165, 1.54) is 18.3 Å². The van der Waals surface area contributed by atoms with Gasteiger partial charge < -0.3 is 9.67 Å². The van der Waals surface area contributed by atoms with Crippen molar-refractivity contribution >= 4 is 18.1 Å². The Morgan fingerprint density at radius 3 is 2.52 bits per heavy atom. The van der Waals surface area contributed by atoms with Crippen molar-refractivity contribution in [3.05, 3.63) is 82.9 Å². The summed E-state index contributed by atoms with van der Waals surface area (Å²) in [7, 11) is 0. The Kier molecular flexibility index (Phi) is 5.12. The van der Waals surface area contributed by atoms with E-state index in [-0.39, 0.29) is 5.56 Å².